The highest BCUT2D eigenvalue weighted by Crippen LogP contribution is 2.26. The molecule has 2 aliphatic carbocycles. The highest BCUT2D eigenvalue weighted by atomic mass is 15.2. The van der Waals surface area contributed by atoms with E-state index in [9.17, 15) is 0 Å². The van der Waals surface area contributed by atoms with Crippen LogP contribution in [-0.2, 0) is 0 Å². The van der Waals surface area contributed by atoms with E-state index in [0.717, 1.165) is 12.1 Å². The first kappa shape index (κ1) is 11.4. The lowest BCUT2D eigenvalue weighted by Gasteiger charge is -2.19. The molecule has 0 aromatic rings. The standard InChI is InChI=1S/C13H26N2/c1-2-15(13-8-9-13)11-5-3-4-10-14-12-6-7-12/h12-14H,2-11H2,1H3. The maximum Gasteiger partial charge on any atom is 0.00963 e. The summed E-state index contributed by atoms with van der Waals surface area (Å²) in [6, 6.07) is 1.85. The first-order chi connectivity index (χ1) is 7.40. The van der Waals surface area contributed by atoms with Gasteiger partial charge in [-0.2, -0.15) is 0 Å². The molecular formula is C13H26N2. The lowest BCUT2D eigenvalue weighted by molar-refractivity contribution is 0.270. The number of hydrogen-bond acceptors (Lipinski definition) is 2. The molecule has 0 spiro atoms. The third-order valence-corrected chi connectivity index (χ3v) is 3.60. The van der Waals surface area contributed by atoms with Gasteiger partial charge in [-0.15, -0.1) is 0 Å². The summed E-state index contributed by atoms with van der Waals surface area (Å²) < 4.78 is 0. The summed E-state index contributed by atoms with van der Waals surface area (Å²) in [5, 5.41) is 3.58. The van der Waals surface area contributed by atoms with E-state index < -0.39 is 0 Å². The molecule has 0 atom stereocenters. The van der Waals surface area contributed by atoms with Crippen molar-refractivity contribution in [3.05, 3.63) is 0 Å². The molecule has 0 bridgehead atoms. The number of unbranched alkanes of at least 4 members (excludes halogenated alkanes) is 2. The van der Waals surface area contributed by atoms with E-state index in [-0.39, 0.29) is 0 Å². The molecule has 0 aromatic heterocycles. The van der Waals surface area contributed by atoms with Gasteiger partial charge >= 0.3 is 0 Å². The van der Waals surface area contributed by atoms with Crippen molar-refractivity contribution < 1.29 is 0 Å². The van der Waals surface area contributed by atoms with Crippen LogP contribution in [0.15, 0.2) is 0 Å². The summed E-state index contributed by atoms with van der Waals surface area (Å²) in [6.45, 7) is 6.14. The van der Waals surface area contributed by atoms with Gasteiger partial charge in [-0.1, -0.05) is 13.3 Å². The van der Waals surface area contributed by atoms with Crippen molar-refractivity contribution in [2.24, 2.45) is 0 Å². The predicted molar refractivity (Wildman–Crippen MR) is 65.1 cm³/mol. The minimum atomic E-state index is 0.892. The van der Waals surface area contributed by atoms with Crippen LogP contribution in [0.3, 0.4) is 0 Å². The first-order valence-corrected chi connectivity index (χ1v) is 6.87. The lowest BCUT2D eigenvalue weighted by atomic mass is 10.2. The van der Waals surface area contributed by atoms with Gasteiger partial charge in [-0.25, -0.2) is 0 Å². The fourth-order valence-corrected chi connectivity index (χ4v) is 2.25. The molecule has 2 aliphatic rings. The van der Waals surface area contributed by atoms with Crippen molar-refractivity contribution in [1.82, 2.24) is 10.2 Å². The second-order valence-corrected chi connectivity index (χ2v) is 5.15. The summed E-state index contributed by atoms with van der Waals surface area (Å²) in [6.07, 6.45) is 9.93. The fraction of sp³-hybridized carbons (Fsp3) is 1.00. The molecule has 2 rings (SSSR count). The van der Waals surface area contributed by atoms with Crippen LogP contribution in [0, 0.1) is 0 Å². The SMILES string of the molecule is CCN(CCCCCNC1CC1)C1CC1. The highest BCUT2D eigenvalue weighted by molar-refractivity contribution is 4.83. The van der Waals surface area contributed by atoms with Crippen molar-refractivity contribution >= 4 is 0 Å². The van der Waals surface area contributed by atoms with Gasteiger partial charge in [0.05, 0.1) is 0 Å². The van der Waals surface area contributed by atoms with Gasteiger partial charge in [0.1, 0.15) is 0 Å². The Labute approximate surface area is 94.4 Å². The molecule has 15 heavy (non-hydrogen) atoms. The minimum absolute atomic E-state index is 0.892. The number of hydrogen-bond donors (Lipinski definition) is 1. The zero-order valence-electron chi connectivity index (χ0n) is 10.2. The maximum absolute atomic E-state index is 3.58. The Hall–Kier alpha value is -0.0800. The zero-order valence-corrected chi connectivity index (χ0v) is 10.2. The smallest absolute Gasteiger partial charge is 0.00963 e. The molecule has 0 unspecified atom stereocenters. The van der Waals surface area contributed by atoms with Crippen LogP contribution in [0.1, 0.15) is 51.9 Å². The summed E-state index contributed by atoms with van der Waals surface area (Å²) >= 11 is 0. The van der Waals surface area contributed by atoms with E-state index in [1.807, 2.05) is 0 Å². The highest BCUT2D eigenvalue weighted by Gasteiger charge is 2.26. The molecule has 2 nitrogen and oxygen atoms in total. The second kappa shape index (κ2) is 5.86. The molecular weight excluding hydrogens is 184 g/mol. The first-order valence-electron chi connectivity index (χ1n) is 6.87. The van der Waals surface area contributed by atoms with Crippen molar-refractivity contribution in [2.45, 2.75) is 64.0 Å². The van der Waals surface area contributed by atoms with Crippen molar-refractivity contribution in [3.8, 4) is 0 Å². The van der Waals surface area contributed by atoms with Gasteiger partial charge in [-0.3, -0.25) is 0 Å². The summed E-state index contributed by atoms with van der Waals surface area (Å²) in [4.78, 5) is 2.66. The molecule has 0 heterocycles. The Morgan fingerprint density at radius 2 is 1.87 bits per heavy atom. The average molecular weight is 210 g/mol. The Morgan fingerprint density at radius 1 is 1.07 bits per heavy atom. The van der Waals surface area contributed by atoms with Crippen LogP contribution < -0.4 is 5.32 Å². The molecule has 0 aliphatic heterocycles. The second-order valence-electron chi connectivity index (χ2n) is 5.15. The largest absolute Gasteiger partial charge is 0.314 e. The Balaban J connectivity index is 1.39. The molecule has 2 saturated carbocycles. The molecule has 2 heteroatoms. The minimum Gasteiger partial charge on any atom is -0.314 e. The Kier molecular flexibility index (Phi) is 4.45. The molecule has 0 amide bonds. The van der Waals surface area contributed by atoms with Crippen LogP contribution in [-0.4, -0.2) is 36.6 Å². The van der Waals surface area contributed by atoms with Crippen LogP contribution >= 0.6 is 0 Å². The third kappa shape index (κ3) is 4.52. The van der Waals surface area contributed by atoms with Crippen LogP contribution in [0.25, 0.3) is 0 Å². The number of nitrogens with one attached hydrogen (secondary N) is 1. The van der Waals surface area contributed by atoms with E-state index in [1.165, 1.54) is 64.6 Å². The topological polar surface area (TPSA) is 15.3 Å². The third-order valence-electron chi connectivity index (χ3n) is 3.60. The van der Waals surface area contributed by atoms with Gasteiger partial charge in [0, 0.05) is 12.1 Å². The van der Waals surface area contributed by atoms with Gasteiger partial charge in [-0.05, 0) is 58.2 Å². The van der Waals surface area contributed by atoms with E-state index in [4.69, 9.17) is 0 Å². The normalized spacial score (nSPS) is 21.2. The lowest BCUT2D eigenvalue weighted by Crippen LogP contribution is -2.27. The summed E-state index contributed by atoms with van der Waals surface area (Å²) in [7, 11) is 0. The van der Waals surface area contributed by atoms with E-state index in [2.05, 4.69) is 17.1 Å². The Morgan fingerprint density at radius 3 is 2.47 bits per heavy atom. The molecule has 1 N–H and O–H groups in total. The predicted octanol–water partition coefficient (Wildman–Crippen LogP) is 2.39. The van der Waals surface area contributed by atoms with E-state index in [0.29, 0.717) is 0 Å². The van der Waals surface area contributed by atoms with E-state index >= 15 is 0 Å². The molecule has 0 radical (unpaired) electrons. The number of nitrogens with zero attached hydrogens (tertiary/aromatic N) is 1. The summed E-state index contributed by atoms with van der Waals surface area (Å²) in [5.74, 6) is 0. The zero-order chi connectivity index (χ0) is 10.5. The number of rotatable bonds is 9. The average Bonchev–Trinajstić information content (AvgIpc) is 3.10. The van der Waals surface area contributed by atoms with Crippen molar-refractivity contribution in [3.63, 3.8) is 0 Å². The quantitative estimate of drug-likeness (QED) is 0.588. The van der Waals surface area contributed by atoms with E-state index in [1.54, 1.807) is 0 Å². The van der Waals surface area contributed by atoms with Gasteiger partial charge in [0.15, 0.2) is 0 Å². The molecule has 0 saturated heterocycles. The Bertz CT molecular complexity index is 173. The van der Waals surface area contributed by atoms with Crippen LogP contribution in [0.2, 0.25) is 0 Å². The van der Waals surface area contributed by atoms with Crippen LogP contribution in [0.4, 0.5) is 0 Å². The monoisotopic (exact) mass is 210 g/mol. The molecule has 88 valence electrons. The van der Waals surface area contributed by atoms with Crippen molar-refractivity contribution in [2.75, 3.05) is 19.6 Å². The molecule has 2 fully saturated rings. The van der Waals surface area contributed by atoms with Gasteiger partial charge in [0.2, 0.25) is 0 Å². The molecule has 0 aromatic carbocycles. The van der Waals surface area contributed by atoms with Gasteiger partial charge in [0.25, 0.3) is 0 Å². The fourth-order valence-electron chi connectivity index (χ4n) is 2.25. The maximum atomic E-state index is 3.58. The van der Waals surface area contributed by atoms with Gasteiger partial charge < -0.3 is 10.2 Å². The van der Waals surface area contributed by atoms with Crippen molar-refractivity contribution in [1.29, 1.82) is 0 Å². The summed E-state index contributed by atoms with van der Waals surface area (Å²) in [5.41, 5.74) is 0. The van der Waals surface area contributed by atoms with Crippen LogP contribution in [0.5, 0.6) is 0 Å².